The zero-order valence-corrected chi connectivity index (χ0v) is 17.0. The summed E-state index contributed by atoms with van der Waals surface area (Å²) in [6, 6.07) is 8.16. The summed E-state index contributed by atoms with van der Waals surface area (Å²) in [6.07, 6.45) is 11.6. The summed E-state index contributed by atoms with van der Waals surface area (Å²) in [7, 11) is 0. The number of carbonyl (C=O) groups excluding carboxylic acids is 1. The summed E-state index contributed by atoms with van der Waals surface area (Å²) < 4.78 is 0. The lowest BCUT2D eigenvalue weighted by atomic mass is 9.85. The highest BCUT2D eigenvalue weighted by atomic mass is 16.4. The fourth-order valence-corrected chi connectivity index (χ4v) is 4.05. The van der Waals surface area contributed by atoms with Crippen LogP contribution in [0.3, 0.4) is 0 Å². The number of allylic oxidation sites excluding steroid dienone is 2. The van der Waals surface area contributed by atoms with Gasteiger partial charge < -0.3 is 10.2 Å². The largest absolute Gasteiger partial charge is 0.481 e. The highest BCUT2D eigenvalue weighted by Gasteiger charge is 2.34. The van der Waals surface area contributed by atoms with E-state index in [-0.39, 0.29) is 18.3 Å². The van der Waals surface area contributed by atoms with Crippen LogP contribution in [0.15, 0.2) is 36.4 Å². The Morgan fingerprint density at radius 1 is 1.18 bits per heavy atom. The molecule has 4 heteroatoms. The van der Waals surface area contributed by atoms with Crippen LogP contribution in [0.1, 0.15) is 94.3 Å². The molecule has 28 heavy (non-hydrogen) atoms. The lowest BCUT2D eigenvalue weighted by Gasteiger charge is -2.19. The van der Waals surface area contributed by atoms with Crippen LogP contribution in [0.2, 0.25) is 0 Å². The van der Waals surface area contributed by atoms with Crippen molar-refractivity contribution in [2.75, 3.05) is 0 Å². The van der Waals surface area contributed by atoms with E-state index in [0.717, 1.165) is 50.5 Å². The predicted molar refractivity (Wildman–Crippen MR) is 111 cm³/mol. The molecule has 0 saturated heterocycles. The summed E-state index contributed by atoms with van der Waals surface area (Å²) >= 11 is 0. The maximum absolute atomic E-state index is 12.3. The van der Waals surface area contributed by atoms with Crippen molar-refractivity contribution in [3.63, 3.8) is 0 Å². The molecular formula is C24H34O4. The molecule has 1 saturated carbocycles. The fraction of sp³-hybridized carbons (Fsp3) is 0.583. The fourth-order valence-electron chi connectivity index (χ4n) is 4.05. The quantitative estimate of drug-likeness (QED) is 0.364. The molecule has 2 rings (SSSR count). The predicted octanol–water partition coefficient (Wildman–Crippen LogP) is 5.56. The Balaban J connectivity index is 1.90. The molecule has 0 heterocycles. The normalized spacial score (nSPS) is 20.7. The zero-order chi connectivity index (χ0) is 20.4. The first-order chi connectivity index (χ1) is 13.5. The van der Waals surface area contributed by atoms with Crippen LogP contribution in [0.5, 0.6) is 0 Å². The topological polar surface area (TPSA) is 74.6 Å². The molecule has 1 fully saturated rings. The number of hydrogen-bond acceptors (Lipinski definition) is 3. The lowest BCUT2D eigenvalue weighted by Crippen LogP contribution is -2.12. The van der Waals surface area contributed by atoms with Gasteiger partial charge >= 0.3 is 5.97 Å². The van der Waals surface area contributed by atoms with Crippen molar-refractivity contribution in [3.05, 3.63) is 47.5 Å². The Labute approximate surface area is 168 Å². The minimum absolute atomic E-state index is 0.0102. The highest BCUT2D eigenvalue weighted by molar-refractivity contribution is 5.84. The van der Waals surface area contributed by atoms with Gasteiger partial charge in [-0.15, -0.1) is 0 Å². The number of carbonyl (C=O) groups is 2. The van der Waals surface area contributed by atoms with Crippen molar-refractivity contribution < 1.29 is 19.8 Å². The van der Waals surface area contributed by atoms with Crippen LogP contribution in [-0.4, -0.2) is 22.0 Å². The number of rotatable bonds is 12. The molecule has 3 unspecified atom stereocenters. The van der Waals surface area contributed by atoms with Gasteiger partial charge in [0, 0.05) is 18.8 Å². The summed E-state index contributed by atoms with van der Waals surface area (Å²) in [5.41, 5.74) is 2.14. The van der Waals surface area contributed by atoms with Crippen molar-refractivity contribution in [2.45, 2.75) is 83.2 Å². The number of aliphatic carboxylic acids is 1. The molecule has 1 aliphatic carbocycles. The van der Waals surface area contributed by atoms with Gasteiger partial charge in [-0.1, -0.05) is 62.6 Å². The Morgan fingerprint density at radius 3 is 2.61 bits per heavy atom. The molecule has 0 radical (unpaired) electrons. The second kappa shape index (κ2) is 11.8. The Hall–Kier alpha value is -1.94. The Morgan fingerprint density at radius 2 is 1.93 bits per heavy atom. The van der Waals surface area contributed by atoms with Crippen LogP contribution in [0.4, 0.5) is 0 Å². The number of hydrogen-bond donors (Lipinski definition) is 2. The van der Waals surface area contributed by atoms with E-state index in [2.05, 4.69) is 19.1 Å². The highest BCUT2D eigenvalue weighted by Crippen LogP contribution is 2.40. The molecule has 0 bridgehead atoms. The van der Waals surface area contributed by atoms with Gasteiger partial charge in [0.2, 0.25) is 0 Å². The van der Waals surface area contributed by atoms with Crippen molar-refractivity contribution in [1.82, 2.24) is 0 Å². The van der Waals surface area contributed by atoms with Gasteiger partial charge in [0.25, 0.3) is 0 Å². The lowest BCUT2D eigenvalue weighted by molar-refractivity contribution is -0.137. The number of benzene rings is 1. The summed E-state index contributed by atoms with van der Waals surface area (Å²) in [4.78, 5) is 22.9. The van der Waals surface area contributed by atoms with Crippen molar-refractivity contribution in [2.24, 2.45) is 5.92 Å². The number of carboxylic acids is 1. The molecule has 1 aliphatic rings. The molecule has 154 valence electrons. The minimum atomic E-state index is -0.765. The van der Waals surface area contributed by atoms with Gasteiger partial charge in [-0.3, -0.25) is 9.59 Å². The summed E-state index contributed by atoms with van der Waals surface area (Å²) in [5, 5.41) is 19.0. The molecule has 1 aromatic rings. The standard InChI is InChI=1S/C24H34O4/c1-2-3-6-10-22(25)19-14-12-18(13-15-19)20-16-17-23(26)21(20)9-7-4-5-8-11-24(27)28/h4,7,12-15,20-22,25H,2-3,5-6,8-11,16-17H2,1H3,(H,27,28)/b7-4-. The molecular weight excluding hydrogens is 352 g/mol. The van der Waals surface area contributed by atoms with E-state index in [9.17, 15) is 14.7 Å². The van der Waals surface area contributed by atoms with Gasteiger partial charge in [-0.25, -0.2) is 0 Å². The first-order valence-corrected chi connectivity index (χ1v) is 10.7. The zero-order valence-electron chi connectivity index (χ0n) is 17.0. The van der Waals surface area contributed by atoms with Gasteiger partial charge in [0.05, 0.1) is 6.10 Å². The average Bonchev–Trinajstić information content (AvgIpc) is 3.05. The third-order valence-corrected chi connectivity index (χ3v) is 5.75. The number of aliphatic hydroxyl groups excluding tert-OH is 1. The van der Waals surface area contributed by atoms with Crippen LogP contribution in [-0.2, 0) is 9.59 Å². The van der Waals surface area contributed by atoms with E-state index < -0.39 is 12.1 Å². The van der Waals surface area contributed by atoms with E-state index in [1.165, 1.54) is 5.56 Å². The Bertz CT molecular complexity index is 647. The summed E-state index contributed by atoms with van der Waals surface area (Å²) in [5.74, 6) is -0.194. The number of carboxylic acid groups (broad SMARTS) is 1. The maximum Gasteiger partial charge on any atom is 0.303 e. The molecule has 1 aromatic carbocycles. The maximum atomic E-state index is 12.3. The van der Waals surface area contributed by atoms with Crippen molar-refractivity contribution in [3.8, 4) is 0 Å². The van der Waals surface area contributed by atoms with E-state index in [0.29, 0.717) is 18.6 Å². The van der Waals surface area contributed by atoms with Gasteiger partial charge in [-0.2, -0.15) is 0 Å². The first-order valence-electron chi connectivity index (χ1n) is 10.7. The number of Topliss-reactive ketones (excluding diaryl/α,β-unsaturated/α-hetero) is 1. The number of aliphatic hydroxyl groups is 1. The van der Waals surface area contributed by atoms with Crippen LogP contribution in [0, 0.1) is 5.92 Å². The van der Waals surface area contributed by atoms with Gasteiger partial charge in [-0.05, 0) is 49.1 Å². The first kappa shape index (κ1) is 22.4. The van der Waals surface area contributed by atoms with Crippen molar-refractivity contribution >= 4 is 11.8 Å². The SMILES string of the molecule is CCCCCC(O)c1ccc(C2CCC(=O)C2C/C=C\CCCC(=O)O)cc1. The van der Waals surface area contributed by atoms with E-state index in [4.69, 9.17) is 5.11 Å². The molecule has 3 atom stereocenters. The van der Waals surface area contributed by atoms with Gasteiger partial charge in [0.1, 0.15) is 5.78 Å². The number of ketones is 1. The molecule has 0 spiro atoms. The average molecular weight is 387 g/mol. The monoisotopic (exact) mass is 386 g/mol. The molecule has 0 aliphatic heterocycles. The molecule has 4 nitrogen and oxygen atoms in total. The Kier molecular flexibility index (Phi) is 9.42. The second-order valence-corrected chi connectivity index (χ2v) is 7.89. The number of unbranched alkanes of at least 4 members (excludes halogenated alkanes) is 3. The van der Waals surface area contributed by atoms with Crippen molar-refractivity contribution in [1.29, 1.82) is 0 Å². The van der Waals surface area contributed by atoms with E-state index in [1.807, 2.05) is 24.3 Å². The van der Waals surface area contributed by atoms with Gasteiger partial charge in [0.15, 0.2) is 0 Å². The van der Waals surface area contributed by atoms with E-state index >= 15 is 0 Å². The smallest absolute Gasteiger partial charge is 0.303 e. The molecule has 2 N–H and O–H groups in total. The summed E-state index contributed by atoms with van der Waals surface area (Å²) in [6.45, 7) is 2.16. The third-order valence-electron chi connectivity index (χ3n) is 5.75. The molecule has 0 aromatic heterocycles. The second-order valence-electron chi connectivity index (χ2n) is 7.89. The van der Waals surface area contributed by atoms with Crippen LogP contribution >= 0.6 is 0 Å². The third kappa shape index (κ3) is 6.90. The van der Waals surface area contributed by atoms with Crippen LogP contribution in [0.25, 0.3) is 0 Å². The minimum Gasteiger partial charge on any atom is -0.481 e. The molecule has 0 amide bonds. The van der Waals surface area contributed by atoms with Crippen LogP contribution < -0.4 is 0 Å². The van der Waals surface area contributed by atoms with E-state index in [1.54, 1.807) is 0 Å².